The van der Waals surface area contributed by atoms with Crippen molar-refractivity contribution in [3.63, 3.8) is 0 Å². The van der Waals surface area contributed by atoms with Gasteiger partial charge in [-0.2, -0.15) is 0 Å². The Labute approximate surface area is 162 Å². The number of hydrogen-bond acceptors (Lipinski definition) is 5. The molecule has 150 valence electrons. The first-order valence-electron chi connectivity index (χ1n) is 8.73. The molecule has 4 rings (SSSR count). The summed E-state index contributed by atoms with van der Waals surface area (Å²) in [4.78, 5) is 42.4. The van der Waals surface area contributed by atoms with E-state index in [0.717, 1.165) is 12.1 Å². The van der Waals surface area contributed by atoms with Gasteiger partial charge in [-0.25, -0.2) is 4.79 Å². The number of carbonyl (C=O) groups excluding carboxylic acids is 3. The number of nitrogens with zero attached hydrogens (tertiary/aromatic N) is 1. The first-order chi connectivity index (χ1) is 13.7. The summed E-state index contributed by atoms with van der Waals surface area (Å²) in [5, 5.41) is 0.466. The lowest BCUT2D eigenvalue weighted by Gasteiger charge is -2.18. The largest absolute Gasteiger partial charge is 0.573 e. The molecule has 0 spiro atoms. The highest BCUT2D eigenvalue weighted by atomic mass is 19.4. The van der Waals surface area contributed by atoms with Crippen LogP contribution in [0.25, 0.3) is 0 Å². The molecule has 0 unspecified atom stereocenters. The van der Waals surface area contributed by atoms with Crippen LogP contribution in [0, 0.1) is 5.41 Å². The zero-order valence-corrected chi connectivity index (χ0v) is 14.9. The summed E-state index contributed by atoms with van der Waals surface area (Å²) in [5.41, 5.74) is 0.0176. The van der Waals surface area contributed by atoms with Crippen LogP contribution in [0.2, 0.25) is 0 Å². The molecule has 1 heterocycles. The predicted octanol–water partition coefficient (Wildman–Crippen LogP) is 3.66. The van der Waals surface area contributed by atoms with E-state index in [0.29, 0.717) is 23.5 Å². The summed E-state index contributed by atoms with van der Waals surface area (Å²) in [6.45, 7) is 0. The van der Waals surface area contributed by atoms with E-state index < -0.39 is 29.6 Å². The van der Waals surface area contributed by atoms with Gasteiger partial charge in [-0.3, -0.25) is 9.59 Å². The molecule has 2 amide bonds. The molecule has 0 bridgehead atoms. The van der Waals surface area contributed by atoms with E-state index in [1.54, 1.807) is 12.1 Å². The first kappa shape index (κ1) is 19.0. The average molecular weight is 405 g/mol. The molecule has 2 aromatic carbocycles. The van der Waals surface area contributed by atoms with Gasteiger partial charge in [0.2, 0.25) is 0 Å². The van der Waals surface area contributed by atoms with Crippen molar-refractivity contribution >= 4 is 17.8 Å². The Bertz CT molecular complexity index is 961. The van der Waals surface area contributed by atoms with Gasteiger partial charge in [0.15, 0.2) is 0 Å². The van der Waals surface area contributed by atoms with E-state index in [1.165, 1.54) is 24.3 Å². The first-order valence-corrected chi connectivity index (χ1v) is 8.73. The van der Waals surface area contributed by atoms with Crippen molar-refractivity contribution in [2.24, 2.45) is 5.41 Å². The van der Waals surface area contributed by atoms with Crippen LogP contribution in [0.3, 0.4) is 0 Å². The lowest BCUT2D eigenvalue weighted by Crippen LogP contribution is -2.36. The molecule has 1 aliphatic heterocycles. The molecule has 2 aliphatic rings. The van der Waals surface area contributed by atoms with Crippen LogP contribution in [0.1, 0.15) is 39.1 Å². The molecular weight excluding hydrogens is 391 g/mol. The SMILES string of the molecule is O=C1c2ccccc2C(=O)N1OC(=O)C1(Cc2ccc(OC(F)(F)F)cc2)CC1. The Kier molecular flexibility index (Phi) is 4.33. The molecule has 0 radical (unpaired) electrons. The van der Waals surface area contributed by atoms with Crippen molar-refractivity contribution in [2.45, 2.75) is 25.6 Å². The number of carbonyl (C=O) groups is 3. The highest BCUT2D eigenvalue weighted by Crippen LogP contribution is 2.50. The fourth-order valence-corrected chi connectivity index (χ4v) is 3.23. The molecule has 2 aromatic rings. The van der Waals surface area contributed by atoms with Crippen LogP contribution in [0.15, 0.2) is 48.5 Å². The van der Waals surface area contributed by atoms with E-state index in [9.17, 15) is 27.6 Å². The summed E-state index contributed by atoms with van der Waals surface area (Å²) in [5.74, 6) is -2.49. The Morgan fingerprint density at radius 2 is 1.52 bits per heavy atom. The second-order valence-corrected chi connectivity index (χ2v) is 6.98. The van der Waals surface area contributed by atoms with Gasteiger partial charge in [0.05, 0.1) is 16.5 Å². The third kappa shape index (κ3) is 3.67. The number of halogens is 3. The van der Waals surface area contributed by atoms with Crippen molar-refractivity contribution in [1.82, 2.24) is 5.06 Å². The van der Waals surface area contributed by atoms with Crippen molar-refractivity contribution in [1.29, 1.82) is 0 Å². The fraction of sp³-hybridized carbons (Fsp3) is 0.250. The van der Waals surface area contributed by atoms with E-state index in [2.05, 4.69) is 4.74 Å². The fourth-order valence-electron chi connectivity index (χ4n) is 3.23. The number of ether oxygens (including phenoxy) is 1. The minimum atomic E-state index is -4.78. The molecule has 0 atom stereocenters. The molecule has 1 saturated carbocycles. The summed E-state index contributed by atoms with van der Waals surface area (Å²) in [6, 6.07) is 11.3. The van der Waals surface area contributed by atoms with Crippen LogP contribution in [-0.4, -0.2) is 29.2 Å². The van der Waals surface area contributed by atoms with Gasteiger partial charge >= 0.3 is 12.3 Å². The Morgan fingerprint density at radius 3 is 2.00 bits per heavy atom. The number of amides is 2. The van der Waals surface area contributed by atoms with Gasteiger partial charge in [-0.15, -0.1) is 13.2 Å². The van der Waals surface area contributed by atoms with E-state index in [-0.39, 0.29) is 23.3 Å². The summed E-state index contributed by atoms with van der Waals surface area (Å²) in [7, 11) is 0. The highest BCUT2D eigenvalue weighted by Gasteiger charge is 2.53. The van der Waals surface area contributed by atoms with Crippen LogP contribution < -0.4 is 4.74 Å². The molecule has 9 heteroatoms. The maximum absolute atomic E-state index is 12.6. The third-order valence-corrected chi connectivity index (χ3v) is 4.92. The van der Waals surface area contributed by atoms with Crippen molar-refractivity contribution in [2.75, 3.05) is 0 Å². The van der Waals surface area contributed by atoms with Gasteiger partial charge in [-0.05, 0) is 49.1 Å². The molecule has 6 nitrogen and oxygen atoms in total. The number of hydrogen-bond donors (Lipinski definition) is 0. The summed E-state index contributed by atoms with van der Waals surface area (Å²) in [6.07, 6.45) is -3.61. The van der Waals surface area contributed by atoms with Crippen molar-refractivity contribution in [3.05, 3.63) is 65.2 Å². The average Bonchev–Trinajstić information content (AvgIpc) is 3.41. The van der Waals surface area contributed by atoms with Crippen molar-refractivity contribution in [3.8, 4) is 5.75 Å². The number of benzene rings is 2. The maximum Gasteiger partial charge on any atom is 0.573 e. The minimum absolute atomic E-state index is 0.162. The summed E-state index contributed by atoms with van der Waals surface area (Å²) < 4.78 is 40.5. The second-order valence-electron chi connectivity index (χ2n) is 6.98. The van der Waals surface area contributed by atoms with Crippen LogP contribution in [0.5, 0.6) is 5.75 Å². The van der Waals surface area contributed by atoms with Gasteiger partial charge in [0.25, 0.3) is 11.8 Å². The van der Waals surface area contributed by atoms with Gasteiger partial charge in [-0.1, -0.05) is 29.3 Å². The standard InChI is InChI=1S/C20H14F3NO5/c21-20(22,23)28-13-7-5-12(6-8-13)11-19(9-10-19)18(27)29-24-16(25)14-3-1-2-4-15(14)17(24)26/h1-8H,9-11H2. The molecular formula is C20H14F3NO5. The zero-order valence-electron chi connectivity index (χ0n) is 14.9. The minimum Gasteiger partial charge on any atom is -0.406 e. The predicted molar refractivity (Wildman–Crippen MR) is 91.5 cm³/mol. The van der Waals surface area contributed by atoms with Crippen LogP contribution in [-0.2, 0) is 16.1 Å². The Hall–Kier alpha value is -3.36. The normalized spacial score (nSPS) is 17.1. The van der Waals surface area contributed by atoms with Gasteiger partial charge in [0, 0.05) is 0 Å². The maximum atomic E-state index is 12.6. The number of rotatable bonds is 5. The molecule has 1 aliphatic carbocycles. The van der Waals surface area contributed by atoms with Gasteiger partial charge in [0.1, 0.15) is 5.75 Å². The number of hydroxylamine groups is 2. The quantitative estimate of drug-likeness (QED) is 0.710. The number of imide groups is 1. The smallest absolute Gasteiger partial charge is 0.406 e. The van der Waals surface area contributed by atoms with Gasteiger partial charge < -0.3 is 9.57 Å². The topological polar surface area (TPSA) is 72.9 Å². The third-order valence-electron chi connectivity index (χ3n) is 4.92. The van der Waals surface area contributed by atoms with Crippen LogP contribution >= 0.6 is 0 Å². The van der Waals surface area contributed by atoms with Crippen LogP contribution in [0.4, 0.5) is 13.2 Å². The number of fused-ring (bicyclic) bond motifs is 1. The molecule has 0 N–H and O–H groups in total. The second kappa shape index (κ2) is 6.61. The summed E-state index contributed by atoms with van der Waals surface area (Å²) >= 11 is 0. The molecule has 29 heavy (non-hydrogen) atoms. The lowest BCUT2D eigenvalue weighted by atomic mass is 9.97. The Balaban J connectivity index is 1.43. The van der Waals surface area contributed by atoms with E-state index >= 15 is 0 Å². The van der Waals surface area contributed by atoms with Crippen molar-refractivity contribution < 1.29 is 37.1 Å². The monoisotopic (exact) mass is 405 g/mol. The molecule has 1 fully saturated rings. The number of alkyl halides is 3. The van der Waals surface area contributed by atoms with E-state index in [4.69, 9.17) is 4.84 Å². The molecule has 0 saturated heterocycles. The highest BCUT2D eigenvalue weighted by molar-refractivity contribution is 6.20. The Morgan fingerprint density at radius 1 is 0.966 bits per heavy atom. The lowest BCUT2D eigenvalue weighted by molar-refractivity contribution is -0.274. The molecule has 0 aromatic heterocycles. The zero-order chi connectivity index (χ0) is 20.8. The van der Waals surface area contributed by atoms with E-state index in [1.807, 2.05) is 0 Å².